The highest BCUT2D eigenvalue weighted by Crippen LogP contribution is 2.34. The monoisotopic (exact) mass is 636 g/mol. The van der Waals surface area contributed by atoms with Gasteiger partial charge in [0.15, 0.2) is 11.4 Å². The van der Waals surface area contributed by atoms with Gasteiger partial charge >= 0.3 is 12.4 Å². The number of rotatable bonds is 4. The van der Waals surface area contributed by atoms with Crippen molar-refractivity contribution in [3.05, 3.63) is 143 Å². The maximum atomic E-state index is 13.1. The van der Waals surface area contributed by atoms with Crippen LogP contribution in [0.1, 0.15) is 28.1 Å². The van der Waals surface area contributed by atoms with E-state index in [-0.39, 0.29) is 5.69 Å². The first kappa shape index (κ1) is 32.2. The van der Waals surface area contributed by atoms with Crippen LogP contribution < -0.4 is 0 Å². The average Bonchev–Trinajstić information content (AvgIpc) is 3.66. The number of aryl methyl sites for hydroxylation is 3. The third-order valence-electron chi connectivity index (χ3n) is 7.04. The zero-order valence-corrected chi connectivity index (χ0v) is 24.8. The average molecular weight is 637 g/mol. The van der Waals surface area contributed by atoms with E-state index in [0.29, 0.717) is 28.2 Å². The molecule has 6 aromatic rings. The molecular formula is C35H27F7N4. The second kappa shape index (κ2) is 12.7. The van der Waals surface area contributed by atoms with Gasteiger partial charge in [-0.3, -0.25) is 0 Å². The van der Waals surface area contributed by atoms with Crippen molar-refractivity contribution in [3.8, 4) is 33.9 Å². The van der Waals surface area contributed by atoms with Gasteiger partial charge in [0.1, 0.15) is 5.82 Å². The fourth-order valence-electron chi connectivity index (χ4n) is 4.56. The molecule has 0 aliphatic heterocycles. The number of hydrogen-bond donors (Lipinski definition) is 0. The molecule has 0 aliphatic carbocycles. The van der Waals surface area contributed by atoms with Crippen molar-refractivity contribution in [2.75, 3.05) is 0 Å². The van der Waals surface area contributed by atoms with E-state index in [1.807, 2.05) is 45.0 Å². The van der Waals surface area contributed by atoms with Crippen molar-refractivity contribution in [1.82, 2.24) is 19.6 Å². The van der Waals surface area contributed by atoms with Crippen LogP contribution in [0.3, 0.4) is 0 Å². The van der Waals surface area contributed by atoms with Gasteiger partial charge in [-0.1, -0.05) is 65.2 Å². The van der Waals surface area contributed by atoms with Crippen LogP contribution in [0.5, 0.6) is 0 Å². The molecule has 6 rings (SSSR count). The molecule has 0 radical (unpaired) electrons. The molecule has 0 fully saturated rings. The van der Waals surface area contributed by atoms with E-state index in [2.05, 4.69) is 10.2 Å². The summed E-state index contributed by atoms with van der Waals surface area (Å²) in [6.45, 7) is 5.74. The minimum Gasteiger partial charge on any atom is -0.233 e. The van der Waals surface area contributed by atoms with Crippen molar-refractivity contribution < 1.29 is 30.7 Å². The van der Waals surface area contributed by atoms with E-state index in [9.17, 15) is 30.7 Å². The predicted molar refractivity (Wildman–Crippen MR) is 162 cm³/mol. The van der Waals surface area contributed by atoms with Gasteiger partial charge in [-0.05, 0) is 81.4 Å². The van der Waals surface area contributed by atoms with Gasteiger partial charge in [-0.25, -0.2) is 13.8 Å². The van der Waals surface area contributed by atoms with E-state index in [1.54, 1.807) is 48.5 Å². The lowest BCUT2D eigenvalue weighted by molar-refractivity contribution is -0.142. The summed E-state index contributed by atoms with van der Waals surface area (Å²) in [6.07, 6.45) is -9.03. The highest BCUT2D eigenvalue weighted by molar-refractivity contribution is 5.64. The Labute approximate surface area is 260 Å². The Morgan fingerprint density at radius 3 is 1.09 bits per heavy atom. The van der Waals surface area contributed by atoms with Crippen LogP contribution in [-0.2, 0) is 12.4 Å². The molecule has 0 atom stereocenters. The quantitative estimate of drug-likeness (QED) is 0.181. The van der Waals surface area contributed by atoms with E-state index in [1.165, 1.54) is 33.6 Å². The fourth-order valence-corrected chi connectivity index (χ4v) is 4.56. The SMILES string of the molecule is Cc1ccc(-c2cc(C(F)(F)F)nn2-c2ccc(C)cc2)cc1.Cc1ccc(-n2nc(C(F)(F)F)cc2-c2ccc(F)cc2)cc1. The molecule has 236 valence electrons. The standard InChI is InChI=1S/C18H15F3N2.C17H12F4N2/c1-12-3-7-14(8-4-12)16-11-17(18(19,20)21)22-23(16)15-9-5-13(2)6-10-15;1-11-2-8-14(9-3-11)23-15(10-16(22-23)17(19,20)21)12-4-6-13(18)7-5-12/h3-11H,1-2H3;2-10H,1H3. The summed E-state index contributed by atoms with van der Waals surface area (Å²) in [5, 5.41) is 7.45. The smallest absolute Gasteiger partial charge is 0.233 e. The molecule has 0 unspecified atom stereocenters. The molecule has 4 aromatic carbocycles. The first-order chi connectivity index (χ1) is 21.7. The van der Waals surface area contributed by atoms with E-state index in [4.69, 9.17) is 0 Å². The van der Waals surface area contributed by atoms with Gasteiger partial charge in [0.05, 0.1) is 22.8 Å². The molecule has 11 heteroatoms. The summed E-state index contributed by atoms with van der Waals surface area (Å²) in [4.78, 5) is 0. The molecule has 4 nitrogen and oxygen atoms in total. The van der Waals surface area contributed by atoms with Gasteiger partial charge in [0.2, 0.25) is 0 Å². The lowest BCUT2D eigenvalue weighted by Crippen LogP contribution is -2.07. The zero-order chi connectivity index (χ0) is 33.2. The maximum absolute atomic E-state index is 13.1. The zero-order valence-electron chi connectivity index (χ0n) is 24.8. The molecule has 0 amide bonds. The summed E-state index contributed by atoms with van der Waals surface area (Å²) in [5.74, 6) is -0.453. The first-order valence-electron chi connectivity index (χ1n) is 14.0. The Kier molecular flexibility index (Phi) is 8.87. The number of halogens is 7. The third-order valence-corrected chi connectivity index (χ3v) is 7.04. The minimum absolute atomic E-state index is 0.251. The molecule has 0 bridgehead atoms. The van der Waals surface area contributed by atoms with Crippen molar-refractivity contribution in [1.29, 1.82) is 0 Å². The largest absolute Gasteiger partial charge is 0.435 e. The van der Waals surface area contributed by atoms with Gasteiger partial charge in [-0.15, -0.1) is 0 Å². The summed E-state index contributed by atoms with van der Waals surface area (Å²) in [7, 11) is 0. The van der Waals surface area contributed by atoms with Crippen molar-refractivity contribution in [2.24, 2.45) is 0 Å². The number of alkyl halides is 6. The van der Waals surface area contributed by atoms with Crippen LogP contribution in [0.4, 0.5) is 30.7 Å². The highest BCUT2D eigenvalue weighted by atomic mass is 19.4. The number of aromatic nitrogens is 4. The molecule has 0 saturated heterocycles. The lowest BCUT2D eigenvalue weighted by Gasteiger charge is -2.08. The van der Waals surface area contributed by atoms with Gasteiger partial charge in [-0.2, -0.15) is 36.5 Å². The second-order valence-corrected chi connectivity index (χ2v) is 10.7. The summed E-state index contributed by atoms with van der Waals surface area (Å²) in [6, 6.07) is 28.9. The van der Waals surface area contributed by atoms with Gasteiger partial charge in [0.25, 0.3) is 0 Å². The number of benzene rings is 4. The van der Waals surface area contributed by atoms with Crippen LogP contribution in [0.25, 0.3) is 33.9 Å². The maximum Gasteiger partial charge on any atom is 0.435 e. The highest BCUT2D eigenvalue weighted by Gasteiger charge is 2.36. The molecule has 0 spiro atoms. The Morgan fingerprint density at radius 2 is 0.761 bits per heavy atom. The number of nitrogens with zero attached hydrogens (tertiary/aromatic N) is 4. The normalized spacial score (nSPS) is 11.7. The fraction of sp³-hybridized carbons (Fsp3) is 0.143. The lowest BCUT2D eigenvalue weighted by atomic mass is 10.1. The Hall–Kier alpha value is -5.19. The topological polar surface area (TPSA) is 35.6 Å². The van der Waals surface area contributed by atoms with Crippen LogP contribution >= 0.6 is 0 Å². The van der Waals surface area contributed by atoms with Crippen LogP contribution in [-0.4, -0.2) is 19.6 Å². The van der Waals surface area contributed by atoms with Gasteiger partial charge in [0, 0.05) is 11.1 Å². The second-order valence-electron chi connectivity index (χ2n) is 10.7. The number of hydrogen-bond acceptors (Lipinski definition) is 2. The first-order valence-corrected chi connectivity index (χ1v) is 14.0. The summed E-state index contributed by atoms with van der Waals surface area (Å²) < 4.78 is 93.8. The predicted octanol–water partition coefficient (Wildman–Crippen LogP) is 10.2. The molecule has 0 aliphatic rings. The molecular weight excluding hydrogens is 609 g/mol. The molecule has 0 saturated carbocycles. The van der Waals surface area contributed by atoms with E-state index in [0.717, 1.165) is 28.8 Å². The van der Waals surface area contributed by atoms with Crippen LogP contribution in [0.15, 0.2) is 109 Å². The molecule has 46 heavy (non-hydrogen) atoms. The molecule has 0 N–H and O–H groups in total. The Bertz CT molecular complexity index is 1650. The summed E-state index contributed by atoms with van der Waals surface area (Å²) >= 11 is 0. The van der Waals surface area contributed by atoms with Crippen molar-refractivity contribution in [3.63, 3.8) is 0 Å². The van der Waals surface area contributed by atoms with E-state index >= 15 is 0 Å². The molecule has 2 heterocycles. The van der Waals surface area contributed by atoms with Crippen LogP contribution in [0.2, 0.25) is 0 Å². The van der Waals surface area contributed by atoms with Crippen LogP contribution in [0, 0.1) is 26.6 Å². The minimum atomic E-state index is -4.55. The van der Waals surface area contributed by atoms with Gasteiger partial charge < -0.3 is 0 Å². The third kappa shape index (κ3) is 7.36. The summed E-state index contributed by atoms with van der Waals surface area (Å²) in [5.41, 5.74) is 4.11. The molecule has 2 aromatic heterocycles. The Balaban J connectivity index is 0.000000181. The van der Waals surface area contributed by atoms with Crippen molar-refractivity contribution >= 4 is 0 Å². The van der Waals surface area contributed by atoms with Crippen molar-refractivity contribution in [2.45, 2.75) is 33.1 Å². The Morgan fingerprint density at radius 1 is 0.457 bits per heavy atom. The van der Waals surface area contributed by atoms with E-state index < -0.39 is 29.6 Å².